The average Bonchev–Trinajstić information content (AvgIpc) is 2.62. The van der Waals surface area contributed by atoms with Crippen molar-refractivity contribution in [3.63, 3.8) is 0 Å². The molecule has 2 saturated heterocycles. The molecule has 0 aromatic rings. The highest BCUT2D eigenvalue weighted by Gasteiger charge is 2.28. The normalized spacial score (nSPS) is 41.2. The molecule has 0 aromatic heterocycles. The first-order chi connectivity index (χ1) is 11.7. The van der Waals surface area contributed by atoms with Gasteiger partial charge in [-0.2, -0.15) is 0 Å². The molecule has 2 heterocycles. The molecule has 4 atom stereocenters. The minimum Gasteiger partial charge on any atom is -0.431 e. The Kier molecular flexibility index (Phi) is 7.46. The molecule has 0 aromatic carbocycles. The highest BCUT2D eigenvalue weighted by atomic mass is 16.5. The fourth-order valence-corrected chi connectivity index (χ4v) is 5.01. The molecule has 1 N–H and O–H groups in total. The van der Waals surface area contributed by atoms with Crippen LogP contribution in [0.5, 0.6) is 0 Å². The van der Waals surface area contributed by atoms with E-state index in [-0.39, 0.29) is 0 Å². The maximum Gasteiger partial charge on any atom is 0.154 e. The van der Waals surface area contributed by atoms with Gasteiger partial charge in [0.2, 0.25) is 0 Å². The molecule has 1 aliphatic carbocycles. The largest absolute Gasteiger partial charge is 0.431 e. The summed E-state index contributed by atoms with van der Waals surface area (Å²) in [7, 11) is 0. The summed E-state index contributed by atoms with van der Waals surface area (Å²) in [6.45, 7) is 6.86. The summed E-state index contributed by atoms with van der Waals surface area (Å²) in [5.41, 5.74) is 0. The minimum atomic E-state index is 0.530. The Hall–Kier alpha value is -0.0800. The molecule has 2 nitrogen and oxygen atoms in total. The van der Waals surface area contributed by atoms with E-state index in [4.69, 9.17) is 9.47 Å². The van der Waals surface area contributed by atoms with Crippen LogP contribution >= 0.6 is 0 Å². The van der Waals surface area contributed by atoms with Crippen LogP contribution in [0.15, 0.2) is 0 Å². The molecule has 0 spiro atoms. The summed E-state index contributed by atoms with van der Waals surface area (Å²) >= 11 is 0. The Bertz CT molecular complexity index is 298. The number of rotatable bonds is 6. The molecule has 2 heteroatoms. The molecule has 2 aliphatic heterocycles. The lowest BCUT2D eigenvalue weighted by Gasteiger charge is -2.31. The van der Waals surface area contributed by atoms with Gasteiger partial charge in [-0.1, -0.05) is 39.5 Å². The Morgan fingerprint density at radius 2 is 1.42 bits per heavy atom. The van der Waals surface area contributed by atoms with E-state index in [1.54, 1.807) is 0 Å². The van der Waals surface area contributed by atoms with Crippen molar-refractivity contribution >= 4 is 0 Å². The lowest BCUT2D eigenvalue weighted by Crippen LogP contribution is -2.32. The highest BCUT2D eigenvalue weighted by Crippen LogP contribution is 2.34. The van der Waals surface area contributed by atoms with Gasteiger partial charge in [0.25, 0.3) is 0 Å². The molecule has 0 radical (unpaired) electrons. The van der Waals surface area contributed by atoms with Gasteiger partial charge >= 0.3 is 0 Å². The van der Waals surface area contributed by atoms with Crippen LogP contribution in [-0.4, -0.2) is 30.2 Å². The second kappa shape index (κ2) is 9.57. The van der Waals surface area contributed by atoms with E-state index in [0.29, 0.717) is 12.2 Å². The summed E-state index contributed by atoms with van der Waals surface area (Å²) in [4.78, 5) is 0. The van der Waals surface area contributed by atoms with E-state index in [0.717, 1.165) is 36.9 Å². The summed E-state index contributed by atoms with van der Waals surface area (Å²) in [5, 5.41) is 0. The first kappa shape index (κ1) is 18.7. The molecule has 24 heavy (non-hydrogen) atoms. The molecule has 4 unspecified atom stereocenters. The number of hydrogen-bond acceptors (Lipinski definition) is 1. The van der Waals surface area contributed by atoms with E-state index in [1.165, 1.54) is 77.0 Å². The molecule has 140 valence electrons. The van der Waals surface area contributed by atoms with E-state index in [2.05, 4.69) is 13.8 Å². The third-order valence-corrected chi connectivity index (χ3v) is 7.07. The first-order valence-electron chi connectivity index (χ1n) is 11.0. The monoisotopic (exact) mass is 337 g/mol. The molecule has 3 rings (SSSR count). The van der Waals surface area contributed by atoms with Gasteiger partial charge in [-0.3, -0.25) is 0 Å². The highest BCUT2D eigenvalue weighted by molar-refractivity contribution is 4.76. The molecule has 3 aliphatic rings. The van der Waals surface area contributed by atoms with Crippen LogP contribution < -0.4 is 0 Å². The molecule has 0 bridgehead atoms. The maximum absolute atomic E-state index is 5.97. The molecular weight excluding hydrogens is 296 g/mol. The van der Waals surface area contributed by atoms with Crippen molar-refractivity contribution in [1.29, 1.82) is 0 Å². The zero-order valence-electron chi connectivity index (χ0n) is 16.2. The summed E-state index contributed by atoms with van der Waals surface area (Å²) in [6, 6.07) is 0. The second-order valence-corrected chi connectivity index (χ2v) is 9.38. The van der Waals surface area contributed by atoms with Gasteiger partial charge in [-0.05, 0) is 56.3 Å². The van der Waals surface area contributed by atoms with Crippen molar-refractivity contribution in [2.24, 2.45) is 23.7 Å². The van der Waals surface area contributed by atoms with Crippen molar-refractivity contribution in [1.82, 2.24) is 0 Å². The van der Waals surface area contributed by atoms with Crippen LogP contribution in [0.3, 0.4) is 0 Å². The van der Waals surface area contributed by atoms with Crippen LogP contribution in [0, 0.1) is 23.7 Å². The second-order valence-electron chi connectivity index (χ2n) is 9.38. The third-order valence-electron chi connectivity index (χ3n) is 7.07. The maximum atomic E-state index is 5.97. The lowest BCUT2D eigenvalue weighted by molar-refractivity contribution is -0.160. The van der Waals surface area contributed by atoms with Gasteiger partial charge in [0.15, 0.2) is 6.10 Å². The molecule has 1 saturated carbocycles. The fraction of sp³-hybridized carbons (Fsp3) is 1.00. The van der Waals surface area contributed by atoms with Crippen LogP contribution in [0.25, 0.3) is 0 Å². The standard InChI is InChI=1S/C22H40O2/c1-17-3-6-19(7-4-17)8-9-20-10-12-22(24-16-20)14-13-21-11-5-18(2)15-23-21/h17-22H,3-16H2,1-2H3/p+1. The van der Waals surface area contributed by atoms with Gasteiger partial charge in [0.05, 0.1) is 6.10 Å². The summed E-state index contributed by atoms with van der Waals surface area (Å²) in [6.07, 6.45) is 17.9. The first-order valence-corrected chi connectivity index (χ1v) is 11.0. The van der Waals surface area contributed by atoms with Crippen molar-refractivity contribution in [3.05, 3.63) is 0 Å². The fourth-order valence-electron chi connectivity index (χ4n) is 5.01. The van der Waals surface area contributed by atoms with Crippen molar-refractivity contribution < 1.29 is 9.47 Å². The van der Waals surface area contributed by atoms with Crippen LogP contribution in [0.2, 0.25) is 0 Å². The van der Waals surface area contributed by atoms with Crippen molar-refractivity contribution in [2.75, 3.05) is 13.2 Å². The Morgan fingerprint density at radius 1 is 0.708 bits per heavy atom. The number of hydrogen-bond donors (Lipinski definition) is 0. The topological polar surface area (TPSA) is 22.0 Å². The van der Waals surface area contributed by atoms with Gasteiger partial charge in [0, 0.05) is 25.4 Å². The predicted molar refractivity (Wildman–Crippen MR) is 101 cm³/mol. The van der Waals surface area contributed by atoms with Crippen LogP contribution in [-0.2, 0) is 4.74 Å². The smallest absolute Gasteiger partial charge is 0.154 e. The average molecular weight is 338 g/mol. The molecule has 0 amide bonds. The summed E-state index contributed by atoms with van der Waals surface area (Å²) < 4.78 is 11.0. The zero-order valence-corrected chi connectivity index (χ0v) is 16.2. The van der Waals surface area contributed by atoms with Gasteiger partial charge in [0.1, 0.15) is 6.61 Å². The van der Waals surface area contributed by atoms with E-state index >= 15 is 0 Å². The third kappa shape index (κ3) is 6.02. The zero-order chi connectivity index (χ0) is 16.8. The van der Waals surface area contributed by atoms with E-state index < -0.39 is 0 Å². The Morgan fingerprint density at radius 3 is 2.08 bits per heavy atom. The predicted octanol–water partition coefficient (Wildman–Crippen LogP) is 5.49. The number of aliphatic hydroxyl groups is 2. The Labute approximate surface area is 150 Å². The number of ether oxygens (including phenoxy) is 2. The van der Waals surface area contributed by atoms with Crippen LogP contribution in [0.1, 0.15) is 90.9 Å². The summed E-state index contributed by atoms with van der Waals surface area (Å²) in [5.74, 6) is 3.69. The van der Waals surface area contributed by atoms with E-state index in [1.807, 2.05) is 0 Å². The van der Waals surface area contributed by atoms with Crippen LogP contribution in [0.4, 0.5) is 0 Å². The van der Waals surface area contributed by atoms with Gasteiger partial charge in [-0.25, -0.2) is 0 Å². The van der Waals surface area contributed by atoms with Gasteiger partial charge < -0.3 is 9.47 Å². The quantitative estimate of drug-likeness (QED) is 0.587. The SMILES string of the molecule is CC1CCC(CCC2CCC(CCC3CCC(C)CO3)[OH+]C2)CC1. The molecule has 3 fully saturated rings. The molecular formula is C22H41O2+. The van der Waals surface area contributed by atoms with Crippen molar-refractivity contribution in [2.45, 2.75) is 103 Å². The Balaban J connectivity index is 1.24. The minimum absolute atomic E-state index is 0.530. The van der Waals surface area contributed by atoms with E-state index in [9.17, 15) is 0 Å². The van der Waals surface area contributed by atoms with Gasteiger partial charge in [-0.15, -0.1) is 0 Å². The lowest BCUT2D eigenvalue weighted by atomic mass is 9.79. The van der Waals surface area contributed by atoms with Crippen molar-refractivity contribution in [3.8, 4) is 0 Å².